The lowest BCUT2D eigenvalue weighted by Crippen LogP contribution is -2.39. The number of rotatable bonds is 4. The lowest BCUT2D eigenvalue weighted by atomic mass is 9.77. The van der Waals surface area contributed by atoms with Crippen LogP contribution in [0.2, 0.25) is 0 Å². The number of allylic oxidation sites excluding steroid dienone is 1. The van der Waals surface area contributed by atoms with Crippen molar-refractivity contribution in [1.29, 1.82) is 0 Å². The molecule has 2 atom stereocenters. The molecule has 1 aliphatic heterocycles. The number of carbonyl (C=O) groups excluding carboxylic acids is 1. The van der Waals surface area contributed by atoms with Gasteiger partial charge in [0.2, 0.25) is 0 Å². The predicted molar refractivity (Wildman–Crippen MR) is 102 cm³/mol. The number of benzene rings is 1. The standard InChI is InChI=1S/C21H21FN4O2/c1-12-10-25-17(11-24-12)18(27)9-13-6-7-16(22)15(8-13)21(2)14-4-3-5-19(14)28-20(23)26-21/h5-8,10-11,14H,3-4,9H2,1-2H3,(H2,23,26)/t14?,21-/m0/s1. The molecule has 144 valence electrons. The van der Waals surface area contributed by atoms with Crippen molar-refractivity contribution in [3.05, 3.63) is 70.8 Å². The summed E-state index contributed by atoms with van der Waals surface area (Å²) in [5.74, 6) is 0.110. The Bertz CT molecular complexity index is 1000. The largest absolute Gasteiger partial charge is 0.431 e. The number of amidine groups is 1. The summed E-state index contributed by atoms with van der Waals surface area (Å²) < 4.78 is 20.3. The van der Waals surface area contributed by atoms with E-state index in [9.17, 15) is 9.18 Å². The number of ketones is 1. The molecule has 1 aliphatic carbocycles. The van der Waals surface area contributed by atoms with Gasteiger partial charge in [0.05, 0.1) is 11.9 Å². The minimum absolute atomic E-state index is 0.0303. The van der Waals surface area contributed by atoms with Crippen molar-refractivity contribution in [2.75, 3.05) is 0 Å². The number of hydrogen-bond donors (Lipinski definition) is 1. The number of nitrogens with zero attached hydrogens (tertiary/aromatic N) is 3. The molecule has 0 saturated carbocycles. The van der Waals surface area contributed by atoms with Gasteiger partial charge >= 0.3 is 0 Å². The second-order valence-electron chi connectivity index (χ2n) is 7.39. The monoisotopic (exact) mass is 380 g/mol. The van der Waals surface area contributed by atoms with Crippen molar-refractivity contribution in [3.8, 4) is 0 Å². The van der Waals surface area contributed by atoms with Gasteiger partial charge in [-0.25, -0.2) is 14.4 Å². The Hall–Kier alpha value is -3.09. The number of aryl methyl sites for hydroxylation is 1. The second-order valence-corrected chi connectivity index (χ2v) is 7.39. The number of ether oxygens (including phenoxy) is 1. The van der Waals surface area contributed by atoms with E-state index in [1.807, 2.05) is 13.0 Å². The maximum atomic E-state index is 14.8. The first-order valence-corrected chi connectivity index (χ1v) is 9.21. The quantitative estimate of drug-likeness (QED) is 0.823. The minimum atomic E-state index is -0.878. The van der Waals surface area contributed by atoms with Crippen LogP contribution in [-0.2, 0) is 16.7 Å². The van der Waals surface area contributed by atoms with Crippen LogP contribution in [0.1, 0.15) is 47.1 Å². The van der Waals surface area contributed by atoms with Gasteiger partial charge < -0.3 is 10.5 Å². The van der Waals surface area contributed by atoms with Crippen LogP contribution < -0.4 is 5.73 Å². The molecule has 4 rings (SSSR count). The van der Waals surface area contributed by atoms with Crippen LogP contribution >= 0.6 is 0 Å². The van der Waals surface area contributed by atoms with E-state index in [0.29, 0.717) is 11.1 Å². The van der Waals surface area contributed by atoms with E-state index < -0.39 is 5.54 Å². The molecule has 0 fully saturated rings. The molecule has 0 amide bonds. The Morgan fingerprint density at radius 2 is 2.18 bits per heavy atom. The number of hydrogen-bond acceptors (Lipinski definition) is 6. The highest BCUT2D eigenvalue weighted by molar-refractivity contribution is 5.95. The highest BCUT2D eigenvalue weighted by atomic mass is 19.1. The number of halogens is 1. The molecular formula is C21H21FN4O2. The Morgan fingerprint density at radius 1 is 1.36 bits per heavy atom. The van der Waals surface area contributed by atoms with Gasteiger partial charge in [-0.2, -0.15) is 0 Å². The summed E-state index contributed by atoms with van der Waals surface area (Å²) in [7, 11) is 0. The summed E-state index contributed by atoms with van der Waals surface area (Å²) in [6.07, 6.45) is 6.74. The maximum absolute atomic E-state index is 14.8. The zero-order chi connectivity index (χ0) is 19.9. The molecule has 0 spiro atoms. The van der Waals surface area contributed by atoms with Gasteiger partial charge in [-0.05, 0) is 50.5 Å². The van der Waals surface area contributed by atoms with Crippen molar-refractivity contribution in [3.63, 3.8) is 0 Å². The number of nitrogens with two attached hydrogens (primary N) is 1. The first kappa shape index (κ1) is 18.3. The van der Waals surface area contributed by atoms with Crippen LogP contribution in [0.15, 0.2) is 47.4 Å². The molecule has 2 N–H and O–H groups in total. The van der Waals surface area contributed by atoms with Crippen LogP contribution in [0.4, 0.5) is 4.39 Å². The summed E-state index contributed by atoms with van der Waals surface area (Å²) in [4.78, 5) is 25.2. The number of Topliss-reactive ketones (excluding diaryl/α,β-unsaturated/α-hetero) is 1. The Kier molecular flexibility index (Phi) is 4.45. The van der Waals surface area contributed by atoms with Gasteiger partial charge in [-0.3, -0.25) is 9.78 Å². The van der Waals surface area contributed by atoms with Gasteiger partial charge in [-0.15, -0.1) is 0 Å². The molecule has 2 aromatic rings. The third-order valence-corrected chi connectivity index (χ3v) is 5.40. The molecule has 1 unspecified atom stereocenters. The average molecular weight is 380 g/mol. The minimum Gasteiger partial charge on any atom is -0.431 e. The Morgan fingerprint density at radius 3 is 2.93 bits per heavy atom. The number of aliphatic imine (C=N–C) groups is 1. The van der Waals surface area contributed by atoms with Crippen LogP contribution in [-0.4, -0.2) is 21.8 Å². The normalized spacial score (nSPS) is 23.5. The molecule has 0 bridgehead atoms. The molecule has 2 aliphatic rings. The molecule has 0 saturated heterocycles. The third kappa shape index (κ3) is 3.17. The molecule has 7 heteroatoms. The highest BCUT2D eigenvalue weighted by Gasteiger charge is 2.46. The van der Waals surface area contributed by atoms with Crippen molar-refractivity contribution in [2.24, 2.45) is 16.6 Å². The van der Waals surface area contributed by atoms with Gasteiger partial charge in [-0.1, -0.05) is 6.07 Å². The molecule has 1 aromatic carbocycles. The number of aromatic nitrogens is 2. The Balaban J connectivity index is 1.67. The smallest absolute Gasteiger partial charge is 0.288 e. The summed E-state index contributed by atoms with van der Waals surface area (Å²) in [5, 5.41) is 0. The molecule has 28 heavy (non-hydrogen) atoms. The molecular weight excluding hydrogens is 359 g/mol. The molecule has 0 radical (unpaired) electrons. The van der Waals surface area contributed by atoms with Gasteiger partial charge in [0.15, 0.2) is 5.78 Å². The second kappa shape index (κ2) is 6.82. The average Bonchev–Trinajstić information content (AvgIpc) is 3.13. The van der Waals surface area contributed by atoms with Gasteiger partial charge in [0, 0.05) is 24.1 Å². The van der Waals surface area contributed by atoms with E-state index in [1.54, 1.807) is 25.3 Å². The lowest BCUT2D eigenvalue weighted by molar-refractivity contribution is 0.0987. The van der Waals surface area contributed by atoms with Crippen LogP contribution in [0.5, 0.6) is 0 Å². The van der Waals surface area contributed by atoms with E-state index >= 15 is 0 Å². The Labute approximate surface area is 162 Å². The van der Waals surface area contributed by atoms with E-state index in [1.165, 1.54) is 12.3 Å². The van der Waals surface area contributed by atoms with Crippen molar-refractivity contribution < 1.29 is 13.9 Å². The van der Waals surface area contributed by atoms with E-state index in [2.05, 4.69) is 15.0 Å². The van der Waals surface area contributed by atoms with Crippen LogP contribution in [0, 0.1) is 18.7 Å². The molecule has 6 nitrogen and oxygen atoms in total. The van der Waals surface area contributed by atoms with Crippen LogP contribution in [0.3, 0.4) is 0 Å². The van der Waals surface area contributed by atoms with E-state index in [0.717, 1.165) is 24.3 Å². The van der Waals surface area contributed by atoms with Crippen molar-refractivity contribution in [1.82, 2.24) is 9.97 Å². The number of fused-ring (bicyclic) bond motifs is 1. The molecule has 1 aromatic heterocycles. The lowest BCUT2D eigenvalue weighted by Gasteiger charge is -2.37. The third-order valence-electron chi connectivity index (χ3n) is 5.40. The maximum Gasteiger partial charge on any atom is 0.288 e. The zero-order valence-corrected chi connectivity index (χ0v) is 15.8. The summed E-state index contributed by atoms with van der Waals surface area (Å²) in [5.41, 5.74) is 7.11. The molecule has 2 heterocycles. The SMILES string of the molecule is Cc1cnc(C(=O)Cc2ccc(F)c([C@@]3(C)N=C(N)OC4=CCCC43)c2)cn1. The van der Waals surface area contributed by atoms with Gasteiger partial charge in [0.1, 0.15) is 22.8 Å². The first-order chi connectivity index (χ1) is 13.4. The fourth-order valence-corrected chi connectivity index (χ4v) is 3.93. The van der Waals surface area contributed by atoms with E-state index in [-0.39, 0.29) is 35.7 Å². The fraction of sp³-hybridized carbons (Fsp3) is 0.333. The highest BCUT2D eigenvalue weighted by Crippen LogP contribution is 2.47. The zero-order valence-electron chi connectivity index (χ0n) is 15.8. The predicted octanol–water partition coefficient (Wildman–Crippen LogP) is 3.20. The van der Waals surface area contributed by atoms with Crippen LogP contribution in [0.25, 0.3) is 0 Å². The summed E-state index contributed by atoms with van der Waals surface area (Å²) >= 11 is 0. The fourth-order valence-electron chi connectivity index (χ4n) is 3.93. The summed E-state index contributed by atoms with van der Waals surface area (Å²) in [6.45, 7) is 3.67. The topological polar surface area (TPSA) is 90.5 Å². The first-order valence-electron chi connectivity index (χ1n) is 9.21. The van der Waals surface area contributed by atoms with Crippen molar-refractivity contribution >= 4 is 11.8 Å². The van der Waals surface area contributed by atoms with E-state index in [4.69, 9.17) is 10.5 Å². The number of carbonyl (C=O) groups is 1. The van der Waals surface area contributed by atoms with Crippen molar-refractivity contribution in [2.45, 2.75) is 38.6 Å². The van der Waals surface area contributed by atoms with Gasteiger partial charge in [0.25, 0.3) is 6.02 Å². The summed E-state index contributed by atoms with van der Waals surface area (Å²) in [6, 6.07) is 4.72.